The van der Waals surface area contributed by atoms with Gasteiger partial charge < -0.3 is 4.90 Å². The molecular weight excluding hydrogens is 336 g/mol. The van der Waals surface area contributed by atoms with Crippen molar-refractivity contribution in [2.24, 2.45) is 0 Å². The van der Waals surface area contributed by atoms with Crippen molar-refractivity contribution in [1.82, 2.24) is 9.80 Å². The van der Waals surface area contributed by atoms with Crippen molar-refractivity contribution in [2.45, 2.75) is 18.9 Å². The molecule has 0 unspecified atom stereocenters. The molecule has 2 fully saturated rings. The molecule has 2 heterocycles. The van der Waals surface area contributed by atoms with Gasteiger partial charge in [0.25, 0.3) is 11.1 Å². The van der Waals surface area contributed by atoms with Crippen LogP contribution in [0.25, 0.3) is 10.8 Å². The summed E-state index contributed by atoms with van der Waals surface area (Å²) in [7, 11) is 0. The van der Waals surface area contributed by atoms with Gasteiger partial charge in [-0.1, -0.05) is 48.2 Å². The first-order valence-corrected chi connectivity index (χ1v) is 9.39. The molecule has 6 heteroatoms. The summed E-state index contributed by atoms with van der Waals surface area (Å²) in [6.45, 7) is 1.13. The van der Waals surface area contributed by atoms with Crippen LogP contribution >= 0.6 is 11.8 Å². The molecule has 0 radical (unpaired) electrons. The largest absolute Gasteiger partial charge is 0.338 e. The summed E-state index contributed by atoms with van der Waals surface area (Å²) in [6.07, 6.45) is 1.29. The third kappa shape index (κ3) is 2.91. The van der Waals surface area contributed by atoms with E-state index >= 15 is 0 Å². The molecule has 0 aliphatic carbocycles. The van der Waals surface area contributed by atoms with Crippen molar-refractivity contribution in [3.8, 4) is 0 Å². The highest BCUT2D eigenvalue weighted by atomic mass is 32.2. The molecule has 0 aromatic heterocycles. The Kier molecular flexibility index (Phi) is 4.21. The zero-order chi connectivity index (χ0) is 17.4. The second-order valence-corrected chi connectivity index (χ2v) is 7.29. The second kappa shape index (κ2) is 6.52. The lowest BCUT2D eigenvalue weighted by Crippen LogP contribution is -2.48. The molecule has 5 nitrogen and oxygen atoms in total. The van der Waals surface area contributed by atoms with Gasteiger partial charge in [0, 0.05) is 24.7 Å². The Bertz CT molecular complexity index is 837. The molecule has 4 rings (SSSR count). The van der Waals surface area contributed by atoms with Gasteiger partial charge in [-0.2, -0.15) is 0 Å². The monoisotopic (exact) mass is 354 g/mol. The topological polar surface area (TPSA) is 57.7 Å². The quantitative estimate of drug-likeness (QED) is 0.831. The van der Waals surface area contributed by atoms with Crippen LogP contribution in [0.3, 0.4) is 0 Å². The van der Waals surface area contributed by atoms with E-state index < -0.39 is 0 Å². The summed E-state index contributed by atoms with van der Waals surface area (Å²) in [5.74, 6) is 0.158. The molecule has 0 N–H and O–H groups in total. The minimum Gasteiger partial charge on any atom is -0.338 e. The Morgan fingerprint density at radius 1 is 1.00 bits per heavy atom. The Balaban J connectivity index is 1.50. The summed E-state index contributed by atoms with van der Waals surface area (Å²) < 4.78 is 0. The van der Waals surface area contributed by atoms with Crippen LogP contribution in [0.5, 0.6) is 0 Å². The number of hydrogen-bond donors (Lipinski definition) is 0. The van der Waals surface area contributed by atoms with E-state index in [4.69, 9.17) is 0 Å². The number of rotatable bonds is 2. The van der Waals surface area contributed by atoms with Gasteiger partial charge in [0.1, 0.15) is 0 Å². The SMILES string of the molecule is O=C(c1cccc2ccccc12)N1CCC(N2C(=O)CSC2=O)CC1. The predicted molar refractivity (Wildman–Crippen MR) is 97.6 cm³/mol. The fourth-order valence-electron chi connectivity index (χ4n) is 3.63. The Hall–Kier alpha value is -2.34. The van der Waals surface area contributed by atoms with E-state index in [0.717, 1.165) is 22.5 Å². The highest BCUT2D eigenvalue weighted by Crippen LogP contribution is 2.28. The van der Waals surface area contributed by atoms with E-state index in [2.05, 4.69) is 0 Å². The number of imide groups is 1. The van der Waals surface area contributed by atoms with Crippen LogP contribution in [0.1, 0.15) is 23.2 Å². The summed E-state index contributed by atoms with van der Waals surface area (Å²) >= 11 is 1.07. The zero-order valence-corrected chi connectivity index (χ0v) is 14.5. The number of thioether (sulfide) groups is 1. The lowest BCUT2D eigenvalue weighted by Gasteiger charge is -2.35. The molecule has 0 atom stereocenters. The van der Waals surface area contributed by atoms with Gasteiger partial charge in [-0.25, -0.2) is 0 Å². The van der Waals surface area contributed by atoms with Crippen molar-refractivity contribution in [3.63, 3.8) is 0 Å². The van der Waals surface area contributed by atoms with E-state index in [-0.39, 0.29) is 28.8 Å². The molecule has 2 aromatic rings. The van der Waals surface area contributed by atoms with Gasteiger partial charge in [0.05, 0.1) is 5.75 Å². The lowest BCUT2D eigenvalue weighted by molar-refractivity contribution is -0.126. The average Bonchev–Trinajstić information content (AvgIpc) is 2.99. The number of nitrogens with zero attached hydrogens (tertiary/aromatic N) is 2. The molecule has 128 valence electrons. The smallest absolute Gasteiger partial charge is 0.289 e. The molecule has 0 bridgehead atoms. The first-order chi connectivity index (χ1) is 12.1. The second-order valence-electron chi connectivity index (χ2n) is 6.37. The van der Waals surface area contributed by atoms with Crippen LogP contribution in [0.15, 0.2) is 42.5 Å². The van der Waals surface area contributed by atoms with Crippen molar-refractivity contribution >= 4 is 39.6 Å². The third-order valence-electron chi connectivity index (χ3n) is 4.92. The molecule has 2 aliphatic heterocycles. The zero-order valence-electron chi connectivity index (χ0n) is 13.7. The van der Waals surface area contributed by atoms with E-state index in [1.807, 2.05) is 47.4 Å². The number of amides is 3. The number of hydrogen-bond acceptors (Lipinski definition) is 4. The number of carbonyl (C=O) groups excluding carboxylic acids is 3. The number of benzene rings is 2. The molecule has 2 aromatic carbocycles. The van der Waals surface area contributed by atoms with E-state index in [1.54, 1.807) is 0 Å². The fourth-order valence-corrected chi connectivity index (χ4v) is 4.40. The minimum atomic E-state index is -0.149. The number of fused-ring (bicyclic) bond motifs is 1. The molecule has 2 saturated heterocycles. The van der Waals surface area contributed by atoms with Crippen LogP contribution in [-0.4, -0.2) is 51.7 Å². The normalized spacial score (nSPS) is 19.0. The van der Waals surface area contributed by atoms with Crippen molar-refractivity contribution in [3.05, 3.63) is 48.0 Å². The van der Waals surface area contributed by atoms with E-state index in [0.29, 0.717) is 31.5 Å². The van der Waals surface area contributed by atoms with Gasteiger partial charge in [0.2, 0.25) is 5.91 Å². The Labute approximate surface area is 150 Å². The maximum Gasteiger partial charge on any atom is 0.289 e. The van der Waals surface area contributed by atoms with Gasteiger partial charge in [0.15, 0.2) is 0 Å². The minimum absolute atomic E-state index is 0.0173. The third-order valence-corrected chi connectivity index (χ3v) is 5.76. The lowest BCUT2D eigenvalue weighted by atomic mass is 10.00. The van der Waals surface area contributed by atoms with Crippen LogP contribution in [-0.2, 0) is 4.79 Å². The first kappa shape index (κ1) is 16.1. The summed E-state index contributed by atoms with van der Waals surface area (Å²) in [4.78, 5) is 39.9. The summed E-state index contributed by atoms with van der Waals surface area (Å²) in [5.41, 5.74) is 0.709. The molecule has 25 heavy (non-hydrogen) atoms. The van der Waals surface area contributed by atoms with E-state index in [1.165, 1.54) is 4.90 Å². The van der Waals surface area contributed by atoms with Gasteiger partial charge in [-0.05, 0) is 29.7 Å². The average molecular weight is 354 g/mol. The fraction of sp³-hybridized carbons (Fsp3) is 0.316. The van der Waals surface area contributed by atoms with Gasteiger partial charge >= 0.3 is 0 Å². The maximum absolute atomic E-state index is 12.9. The van der Waals surface area contributed by atoms with Gasteiger partial charge in [-0.3, -0.25) is 19.3 Å². The van der Waals surface area contributed by atoms with Crippen molar-refractivity contribution in [1.29, 1.82) is 0 Å². The number of carbonyl (C=O) groups is 3. The van der Waals surface area contributed by atoms with Crippen molar-refractivity contribution in [2.75, 3.05) is 18.8 Å². The highest BCUT2D eigenvalue weighted by Gasteiger charge is 2.38. The summed E-state index contributed by atoms with van der Waals surface area (Å²) in [6, 6.07) is 13.6. The van der Waals surface area contributed by atoms with Gasteiger partial charge in [-0.15, -0.1) is 0 Å². The van der Waals surface area contributed by atoms with Crippen LogP contribution in [0, 0.1) is 0 Å². The summed E-state index contributed by atoms with van der Waals surface area (Å²) in [5, 5.41) is 1.86. The maximum atomic E-state index is 12.9. The first-order valence-electron chi connectivity index (χ1n) is 8.41. The molecule has 3 amide bonds. The number of likely N-dealkylation sites (tertiary alicyclic amines) is 1. The predicted octanol–water partition coefficient (Wildman–Crippen LogP) is 3.14. The van der Waals surface area contributed by atoms with Crippen LogP contribution < -0.4 is 0 Å². The Morgan fingerprint density at radius 2 is 1.72 bits per heavy atom. The van der Waals surface area contributed by atoms with Crippen LogP contribution in [0.2, 0.25) is 0 Å². The number of piperidine rings is 1. The van der Waals surface area contributed by atoms with Crippen molar-refractivity contribution < 1.29 is 14.4 Å². The highest BCUT2D eigenvalue weighted by molar-refractivity contribution is 8.14. The molecule has 0 spiro atoms. The standard InChI is InChI=1S/C19H18N2O3S/c22-17-12-25-19(24)21(17)14-8-10-20(11-9-14)18(23)16-7-3-5-13-4-1-2-6-15(13)16/h1-7,14H,8-12H2. The Morgan fingerprint density at radius 3 is 2.44 bits per heavy atom. The molecule has 0 saturated carbocycles. The molecule has 2 aliphatic rings. The van der Waals surface area contributed by atoms with Crippen LogP contribution in [0.4, 0.5) is 4.79 Å². The molecular formula is C19H18N2O3S. The van der Waals surface area contributed by atoms with E-state index in [9.17, 15) is 14.4 Å².